The van der Waals surface area contributed by atoms with Gasteiger partial charge in [0.15, 0.2) is 10.9 Å². The number of ether oxygens (including phenoxy) is 1. The smallest absolute Gasteiger partial charge is 0.318 e. The van der Waals surface area contributed by atoms with Crippen LogP contribution in [0.4, 0.5) is 32.9 Å². The van der Waals surface area contributed by atoms with Gasteiger partial charge in [0.1, 0.15) is 23.3 Å². The van der Waals surface area contributed by atoms with Crippen molar-refractivity contribution in [3.8, 4) is 17.1 Å². The predicted octanol–water partition coefficient (Wildman–Crippen LogP) is 7.25. The Bertz CT molecular complexity index is 1660. The van der Waals surface area contributed by atoms with Crippen molar-refractivity contribution in [3.05, 3.63) is 34.9 Å². The number of fused-ring (bicyclic) bond motifs is 3. The van der Waals surface area contributed by atoms with Gasteiger partial charge in [0.05, 0.1) is 28.9 Å². The Morgan fingerprint density at radius 1 is 1.09 bits per heavy atom. The van der Waals surface area contributed by atoms with Crippen LogP contribution in [-0.4, -0.2) is 71.3 Å². The average molecular weight is 641 g/mol. The third-order valence-electron chi connectivity index (χ3n) is 8.21. The average Bonchev–Trinajstić information content (AvgIpc) is 3.63. The maximum absolute atomic E-state index is 16.0. The van der Waals surface area contributed by atoms with Crippen molar-refractivity contribution < 1.29 is 26.7 Å². The molecule has 0 radical (unpaired) electrons. The third kappa shape index (κ3) is 5.91. The Kier molecular flexibility index (Phi) is 8.24. The van der Waals surface area contributed by atoms with Gasteiger partial charge in [-0.15, -0.1) is 0 Å². The molecule has 2 atom stereocenters. The summed E-state index contributed by atoms with van der Waals surface area (Å²) in [7, 11) is 1.30. The summed E-state index contributed by atoms with van der Waals surface area (Å²) in [6.45, 7) is 1.60. The van der Waals surface area contributed by atoms with Crippen LogP contribution in [0.25, 0.3) is 32.2 Å². The predicted molar refractivity (Wildman–Crippen MR) is 159 cm³/mol. The van der Waals surface area contributed by atoms with Crippen LogP contribution in [-0.2, 0) is 0 Å². The molecule has 0 amide bonds. The normalized spacial score (nSPS) is 22.0. The summed E-state index contributed by atoms with van der Waals surface area (Å²) in [5, 5.41) is 0.258. The first kappa shape index (κ1) is 30.0. The molecule has 230 valence electrons. The Morgan fingerprint density at radius 2 is 1.91 bits per heavy atom. The van der Waals surface area contributed by atoms with Crippen LogP contribution in [0.15, 0.2) is 18.2 Å². The summed E-state index contributed by atoms with van der Waals surface area (Å²) in [5.74, 6) is -4.19. The van der Waals surface area contributed by atoms with Crippen LogP contribution >= 0.6 is 22.9 Å². The van der Waals surface area contributed by atoms with Crippen molar-refractivity contribution in [3.63, 3.8) is 0 Å². The van der Waals surface area contributed by atoms with Crippen molar-refractivity contribution in [2.24, 2.45) is 0 Å². The Morgan fingerprint density at radius 3 is 2.67 bits per heavy atom. The van der Waals surface area contributed by atoms with Crippen LogP contribution in [0.3, 0.4) is 0 Å². The molecular weight excluding hydrogens is 611 g/mol. The number of nitrogen functional groups attached to an aromatic ring is 1. The number of methoxy groups -OCH3 is 1. The quantitative estimate of drug-likeness (QED) is 0.236. The van der Waals surface area contributed by atoms with Gasteiger partial charge in [0.25, 0.3) is 5.92 Å². The van der Waals surface area contributed by atoms with Crippen LogP contribution in [0.2, 0.25) is 5.02 Å². The van der Waals surface area contributed by atoms with Crippen molar-refractivity contribution in [2.75, 3.05) is 43.9 Å². The van der Waals surface area contributed by atoms with Gasteiger partial charge in [-0.05, 0) is 56.8 Å². The van der Waals surface area contributed by atoms with E-state index in [1.807, 2.05) is 0 Å². The lowest BCUT2D eigenvalue weighted by atomic mass is 10.0. The van der Waals surface area contributed by atoms with Gasteiger partial charge in [0, 0.05) is 42.1 Å². The second-order valence-corrected chi connectivity index (χ2v) is 12.6. The fraction of sp³-hybridized carbons (Fsp3) is 0.483. The molecule has 3 fully saturated rings. The van der Waals surface area contributed by atoms with Crippen LogP contribution in [0.5, 0.6) is 6.01 Å². The van der Waals surface area contributed by atoms with Crippen LogP contribution in [0.1, 0.15) is 38.5 Å². The molecular formula is C29H30ClF5N6OS. The lowest BCUT2D eigenvalue weighted by Gasteiger charge is -2.26. The second kappa shape index (κ2) is 11.8. The number of hydrogen-bond donors (Lipinski definition) is 1. The van der Waals surface area contributed by atoms with Gasteiger partial charge in [-0.1, -0.05) is 22.9 Å². The van der Waals surface area contributed by atoms with E-state index in [-0.39, 0.29) is 60.6 Å². The number of thiazole rings is 1. The first-order valence-electron chi connectivity index (χ1n) is 14.1. The molecule has 0 aliphatic carbocycles. The molecule has 3 aliphatic rings. The highest BCUT2D eigenvalue weighted by Crippen LogP contribution is 2.43. The van der Waals surface area contributed by atoms with E-state index in [1.54, 1.807) is 0 Å². The van der Waals surface area contributed by atoms with Crippen LogP contribution in [0, 0.1) is 11.6 Å². The number of hydrogen-bond acceptors (Lipinski definition) is 8. The molecule has 5 heterocycles. The van der Waals surface area contributed by atoms with Gasteiger partial charge in [-0.25, -0.2) is 26.9 Å². The molecule has 43 heavy (non-hydrogen) atoms. The Balaban J connectivity index is 0.000000310. The van der Waals surface area contributed by atoms with E-state index in [4.69, 9.17) is 22.1 Å². The number of halogens is 6. The van der Waals surface area contributed by atoms with Gasteiger partial charge in [-0.2, -0.15) is 9.97 Å². The SMILES string of the molecule is COc1nc(N2CCCCC(F)(F)C2)c2cc(Cl)c(-c3ccc(F)c4sc(N)nc34)c(F)c2n1.FC1CC2CCCN2C1. The summed E-state index contributed by atoms with van der Waals surface area (Å²) in [6.07, 6.45) is 3.46. The van der Waals surface area contributed by atoms with Gasteiger partial charge in [-0.3, -0.25) is 4.90 Å². The van der Waals surface area contributed by atoms with E-state index in [9.17, 15) is 17.6 Å². The first-order chi connectivity index (χ1) is 20.5. The molecule has 14 heteroatoms. The molecule has 3 saturated heterocycles. The molecule has 0 saturated carbocycles. The molecule has 7 nitrogen and oxygen atoms in total. The van der Waals surface area contributed by atoms with E-state index in [2.05, 4.69) is 19.9 Å². The number of rotatable bonds is 3. The lowest BCUT2D eigenvalue weighted by Crippen LogP contribution is -2.36. The highest BCUT2D eigenvalue weighted by Gasteiger charge is 2.36. The monoisotopic (exact) mass is 640 g/mol. The van der Waals surface area contributed by atoms with Gasteiger partial charge < -0.3 is 15.4 Å². The minimum Gasteiger partial charge on any atom is -0.467 e. The molecule has 2 aromatic heterocycles. The van der Waals surface area contributed by atoms with Crippen molar-refractivity contribution >= 4 is 55.0 Å². The maximum atomic E-state index is 16.0. The lowest BCUT2D eigenvalue weighted by molar-refractivity contribution is 0.00338. The van der Waals surface area contributed by atoms with Crippen LogP contribution < -0.4 is 15.4 Å². The van der Waals surface area contributed by atoms with Crippen molar-refractivity contribution in [1.29, 1.82) is 0 Å². The fourth-order valence-corrected chi connectivity index (χ4v) is 7.32. The molecule has 2 unspecified atom stereocenters. The summed E-state index contributed by atoms with van der Waals surface area (Å²) < 4.78 is 76.9. The topological polar surface area (TPSA) is 80.4 Å². The van der Waals surface area contributed by atoms with Crippen molar-refractivity contribution in [1.82, 2.24) is 19.9 Å². The molecule has 0 spiro atoms. The maximum Gasteiger partial charge on any atom is 0.318 e. The number of nitrogens with two attached hydrogens (primary N) is 1. The van der Waals surface area contributed by atoms with E-state index < -0.39 is 30.3 Å². The minimum atomic E-state index is -2.92. The number of benzene rings is 2. The molecule has 0 bridgehead atoms. The van der Waals surface area contributed by atoms with E-state index in [1.165, 1.54) is 43.1 Å². The largest absolute Gasteiger partial charge is 0.467 e. The minimum absolute atomic E-state index is 0.0268. The molecule has 4 aromatic rings. The van der Waals surface area contributed by atoms with E-state index in [0.29, 0.717) is 32.0 Å². The highest BCUT2D eigenvalue weighted by atomic mass is 35.5. The zero-order valence-corrected chi connectivity index (χ0v) is 24.9. The summed E-state index contributed by atoms with van der Waals surface area (Å²) in [5.41, 5.74) is 5.94. The first-order valence-corrected chi connectivity index (χ1v) is 15.3. The molecule has 2 aromatic carbocycles. The Hall–Kier alpha value is -3.03. The van der Waals surface area contributed by atoms with E-state index in [0.717, 1.165) is 24.3 Å². The standard InChI is InChI=1S/C22H18ClF4N5OS.C7H12FN/c1-33-21-30-16-11(19(31-21)32-7-3-2-6-22(26,27)9-32)8-12(23)14(15(16)25)10-4-5-13(24)18-17(10)29-20(28)34-18;8-6-4-7-2-1-3-9(7)5-6/h4-5,8H,2-3,6-7,9H2,1H3,(H2,28,29);6-7H,1-5H2. The highest BCUT2D eigenvalue weighted by molar-refractivity contribution is 7.22. The molecule has 2 N–H and O–H groups in total. The van der Waals surface area contributed by atoms with Gasteiger partial charge in [0.2, 0.25) is 0 Å². The Labute approximate surface area is 253 Å². The van der Waals surface area contributed by atoms with E-state index >= 15 is 4.39 Å². The number of aromatic nitrogens is 3. The zero-order valence-electron chi connectivity index (χ0n) is 23.4. The summed E-state index contributed by atoms with van der Waals surface area (Å²) in [4.78, 5) is 16.2. The second-order valence-electron chi connectivity index (χ2n) is 11.2. The number of alkyl halides is 3. The van der Waals surface area contributed by atoms with Gasteiger partial charge >= 0.3 is 6.01 Å². The number of anilines is 2. The molecule has 7 rings (SSSR count). The zero-order chi connectivity index (χ0) is 30.5. The summed E-state index contributed by atoms with van der Waals surface area (Å²) in [6, 6.07) is 4.41. The summed E-state index contributed by atoms with van der Waals surface area (Å²) >= 11 is 7.45. The van der Waals surface area contributed by atoms with Crippen molar-refractivity contribution in [2.45, 2.75) is 56.7 Å². The third-order valence-corrected chi connectivity index (χ3v) is 9.40. The molecule has 3 aliphatic heterocycles. The number of nitrogens with zero attached hydrogens (tertiary/aromatic N) is 5. The fourth-order valence-electron chi connectivity index (χ4n) is 6.26.